The molecule has 7 heteroatoms. The maximum atomic E-state index is 12.6. The van der Waals surface area contributed by atoms with E-state index in [1.54, 1.807) is 13.0 Å². The molecule has 1 N–H and O–H groups in total. The van der Waals surface area contributed by atoms with Crippen LogP contribution in [0.4, 0.5) is 0 Å². The van der Waals surface area contributed by atoms with Crippen molar-refractivity contribution < 1.29 is 14.4 Å². The zero-order valence-electron chi connectivity index (χ0n) is 10.9. The number of rotatable bonds is 2. The van der Waals surface area contributed by atoms with E-state index in [9.17, 15) is 14.4 Å². The first kappa shape index (κ1) is 13.4. The van der Waals surface area contributed by atoms with Crippen molar-refractivity contribution in [1.82, 2.24) is 14.8 Å². The van der Waals surface area contributed by atoms with Gasteiger partial charge >= 0.3 is 0 Å². The van der Waals surface area contributed by atoms with Crippen molar-refractivity contribution >= 4 is 33.7 Å². The Bertz CT molecular complexity index is 606. The largest absolute Gasteiger partial charge is 0.339 e. The molecule has 1 unspecified atom stereocenters. The average Bonchev–Trinajstić information content (AvgIpc) is 3.16. The van der Waals surface area contributed by atoms with Crippen molar-refractivity contribution in [2.45, 2.75) is 31.8 Å². The Balaban J connectivity index is 1.91. The lowest BCUT2D eigenvalue weighted by molar-refractivity contribution is -0.138. The van der Waals surface area contributed by atoms with Crippen LogP contribution in [0.5, 0.6) is 0 Å². The molecule has 3 amide bonds. The Morgan fingerprint density at radius 1 is 1.40 bits per heavy atom. The van der Waals surface area contributed by atoms with Gasteiger partial charge in [0, 0.05) is 16.7 Å². The topological polar surface area (TPSA) is 71.4 Å². The molecular weight excluding hydrogens is 326 g/mol. The van der Waals surface area contributed by atoms with Crippen molar-refractivity contribution in [1.29, 1.82) is 0 Å². The third-order valence-corrected chi connectivity index (χ3v) is 4.09. The van der Waals surface area contributed by atoms with E-state index in [2.05, 4.69) is 21.2 Å². The van der Waals surface area contributed by atoms with E-state index in [-0.39, 0.29) is 12.5 Å². The monoisotopic (exact) mass is 339 g/mol. The number of imide groups is 1. The van der Waals surface area contributed by atoms with Gasteiger partial charge in [-0.25, -0.2) is 0 Å². The summed E-state index contributed by atoms with van der Waals surface area (Å²) in [5.41, 5.74) is 0.522. The quantitative estimate of drug-likeness (QED) is 0.819. The Morgan fingerprint density at radius 2 is 2.10 bits per heavy atom. The fourth-order valence-electron chi connectivity index (χ4n) is 2.38. The fraction of sp³-hybridized carbons (Fsp3) is 0.462. The van der Waals surface area contributed by atoms with Crippen molar-refractivity contribution in [3.05, 3.63) is 22.4 Å². The maximum absolute atomic E-state index is 12.6. The van der Waals surface area contributed by atoms with Crippen molar-refractivity contribution in [2.75, 3.05) is 6.54 Å². The third kappa shape index (κ3) is 2.26. The molecule has 1 saturated heterocycles. The second-order valence-corrected chi connectivity index (χ2v) is 6.12. The molecule has 6 nitrogen and oxygen atoms in total. The van der Waals surface area contributed by atoms with Gasteiger partial charge in [0.05, 0.1) is 0 Å². The van der Waals surface area contributed by atoms with Crippen LogP contribution in [0.15, 0.2) is 16.7 Å². The minimum atomic E-state index is -0.637. The zero-order chi connectivity index (χ0) is 14.4. The predicted molar refractivity (Wildman–Crippen MR) is 74.1 cm³/mol. The molecule has 0 spiro atoms. The summed E-state index contributed by atoms with van der Waals surface area (Å²) in [6, 6.07) is 1.45. The van der Waals surface area contributed by atoms with Gasteiger partial charge in [-0.3, -0.25) is 19.7 Å². The molecule has 1 atom stereocenters. The van der Waals surface area contributed by atoms with Crippen LogP contribution in [0.25, 0.3) is 0 Å². The molecule has 1 aliphatic carbocycles. The molecule has 106 valence electrons. The molecule has 1 aliphatic heterocycles. The van der Waals surface area contributed by atoms with Crippen LogP contribution >= 0.6 is 15.9 Å². The van der Waals surface area contributed by atoms with Gasteiger partial charge < -0.3 is 9.47 Å². The van der Waals surface area contributed by atoms with Crippen molar-refractivity contribution in [2.24, 2.45) is 0 Å². The molecule has 3 rings (SSSR count). The Labute approximate surface area is 124 Å². The molecule has 2 fully saturated rings. The molecule has 1 saturated carbocycles. The highest BCUT2D eigenvalue weighted by atomic mass is 79.9. The number of carbonyl (C=O) groups excluding carboxylic acids is 3. The van der Waals surface area contributed by atoms with E-state index in [1.807, 2.05) is 10.8 Å². The lowest BCUT2D eigenvalue weighted by atomic mass is 10.2. The molecule has 0 aromatic carbocycles. The first-order valence-electron chi connectivity index (χ1n) is 6.49. The molecular formula is C13H14BrN3O3. The smallest absolute Gasteiger partial charge is 0.271 e. The third-order valence-electron chi connectivity index (χ3n) is 3.66. The Kier molecular flexibility index (Phi) is 3.16. The normalized spacial score (nSPS) is 22.9. The van der Waals surface area contributed by atoms with Crippen LogP contribution in [-0.4, -0.2) is 39.8 Å². The van der Waals surface area contributed by atoms with Gasteiger partial charge in [0.2, 0.25) is 11.8 Å². The van der Waals surface area contributed by atoms with Crippen LogP contribution in [-0.2, 0) is 9.59 Å². The molecule has 0 bridgehead atoms. The second kappa shape index (κ2) is 4.73. The van der Waals surface area contributed by atoms with E-state index in [0.29, 0.717) is 11.7 Å². The van der Waals surface area contributed by atoms with Gasteiger partial charge in [-0.15, -0.1) is 0 Å². The highest BCUT2D eigenvalue weighted by Crippen LogP contribution is 2.37. The lowest BCUT2D eigenvalue weighted by Gasteiger charge is -2.31. The van der Waals surface area contributed by atoms with Crippen LogP contribution in [0.3, 0.4) is 0 Å². The molecule has 2 aliphatic rings. The number of amides is 3. The number of hydrogen-bond donors (Lipinski definition) is 1. The summed E-state index contributed by atoms with van der Waals surface area (Å²) >= 11 is 3.37. The summed E-state index contributed by atoms with van der Waals surface area (Å²) in [4.78, 5) is 37.0. The summed E-state index contributed by atoms with van der Waals surface area (Å²) in [7, 11) is 0. The van der Waals surface area contributed by atoms with Crippen molar-refractivity contribution in [3.8, 4) is 0 Å². The van der Waals surface area contributed by atoms with Gasteiger partial charge in [0.25, 0.3) is 5.91 Å². The fourth-order valence-corrected chi connectivity index (χ4v) is 2.82. The summed E-state index contributed by atoms with van der Waals surface area (Å²) in [5, 5.41) is 2.23. The minimum Gasteiger partial charge on any atom is -0.339 e. The first-order valence-corrected chi connectivity index (χ1v) is 7.28. The summed E-state index contributed by atoms with van der Waals surface area (Å²) < 4.78 is 2.75. The van der Waals surface area contributed by atoms with Crippen molar-refractivity contribution in [3.63, 3.8) is 0 Å². The Hall–Kier alpha value is -1.63. The number of halogens is 1. The average molecular weight is 340 g/mol. The van der Waals surface area contributed by atoms with Gasteiger partial charge in [-0.05, 0) is 41.8 Å². The SMILES string of the molecule is CC1C(=O)NC(=O)CN1C(=O)c1cc(Br)cn1C1CC1. The van der Waals surface area contributed by atoms with Gasteiger partial charge in [-0.2, -0.15) is 0 Å². The maximum Gasteiger partial charge on any atom is 0.271 e. The number of hydrogen-bond acceptors (Lipinski definition) is 3. The minimum absolute atomic E-state index is 0.0841. The molecule has 20 heavy (non-hydrogen) atoms. The number of aromatic nitrogens is 1. The van der Waals surface area contributed by atoms with E-state index in [4.69, 9.17) is 0 Å². The predicted octanol–water partition coefficient (Wildman–Crippen LogP) is 1.07. The highest BCUT2D eigenvalue weighted by Gasteiger charge is 2.36. The number of nitrogens with one attached hydrogen (secondary N) is 1. The number of carbonyl (C=O) groups is 3. The van der Waals surface area contributed by atoms with Gasteiger partial charge in [0.1, 0.15) is 18.3 Å². The molecule has 1 aromatic heterocycles. The van der Waals surface area contributed by atoms with Crippen LogP contribution in [0, 0.1) is 0 Å². The standard InChI is InChI=1S/C13H14BrN3O3/c1-7-12(19)15-11(18)6-16(7)13(20)10-4-8(14)5-17(10)9-2-3-9/h4-5,7,9H,2-3,6H2,1H3,(H,15,18,19). The van der Waals surface area contributed by atoms with Gasteiger partial charge in [0.15, 0.2) is 0 Å². The van der Waals surface area contributed by atoms with Gasteiger partial charge in [-0.1, -0.05) is 0 Å². The van der Waals surface area contributed by atoms with E-state index >= 15 is 0 Å². The summed E-state index contributed by atoms with van der Waals surface area (Å²) in [5.74, 6) is -1.15. The van der Waals surface area contributed by atoms with E-state index in [0.717, 1.165) is 17.3 Å². The van der Waals surface area contributed by atoms with Crippen LogP contribution < -0.4 is 5.32 Å². The number of nitrogens with zero attached hydrogens (tertiary/aromatic N) is 2. The second-order valence-electron chi connectivity index (χ2n) is 5.20. The zero-order valence-corrected chi connectivity index (χ0v) is 12.5. The molecule has 0 radical (unpaired) electrons. The van der Waals surface area contributed by atoms with E-state index < -0.39 is 17.9 Å². The lowest BCUT2D eigenvalue weighted by Crippen LogP contribution is -2.58. The number of piperazine rings is 1. The molecule has 2 heterocycles. The summed E-state index contributed by atoms with van der Waals surface area (Å²) in [6.45, 7) is 1.54. The first-order chi connectivity index (χ1) is 9.47. The molecule has 1 aromatic rings. The van der Waals surface area contributed by atoms with Crippen LogP contribution in [0.2, 0.25) is 0 Å². The van der Waals surface area contributed by atoms with E-state index in [1.165, 1.54) is 4.90 Å². The highest BCUT2D eigenvalue weighted by molar-refractivity contribution is 9.10. The summed E-state index contributed by atoms with van der Waals surface area (Å²) in [6.07, 6.45) is 3.98. The van der Waals surface area contributed by atoms with Crippen LogP contribution in [0.1, 0.15) is 36.3 Å². The Morgan fingerprint density at radius 3 is 2.75 bits per heavy atom.